The Labute approximate surface area is 267 Å². The maximum atomic E-state index is 13.6. The zero-order valence-corrected chi connectivity index (χ0v) is 24.9. The molecule has 0 bridgehead atoms. The molecule has 0 amide bonds. The summed E-state index contributed by atoms with van der Waals surface area (Å²) in [4.78, 5) is 16.9. The number of benzene rings is 4. The molecule has 1 aromatic heterocycles. The highest BCUT2D eigenvalue weighted by Crippen LogP contribution is 2.39. The summed E-state index contributed by atoms with van der Waals surface area (Å²) in [7, 11) is 0. The van der Waals surface area contributed by atoms with Crippen LogP contribution in [0.2, 0.25) is 0 Å². The van der Waals surface area contributed by atoms with Crippen LogP contribution in [0, 0.1) is 31.9 Å². The first-order chi connectivity index (χ1) is 22.8. The second-order valence-electron chi connectivity index (χ2n) is 11.4. The quantitative estimate of drug-likeness (QED) is 0.0812. The Kier molecular flexibility index (Phi) is 6.81. The van der Waals surface area contributed by atoms with Crippen LogP contribution in [-0.4, -0.2) is 9.97 Å². The summed E-state index contributed by atoms with van der Waals surface area (Å²) in [5.41, 5.74) is 2.06. The van der Waals surface area contributed by atoms with Crippen molar-refractivity contribution >= 4 is 43.6 Å². The first-order valence-corrected chi connectivity index (χ1v) is 14.3. The van der Waals surface area contributed by atoms with Crippen molar-refractivity contribution in [1.29, 1.82) is 5.26 Å². The Balaban J connectivity index is 1.50. The van der Waals surface area contributed by atoms with Gasteiger partial charge in [0.1, 0.15) is 16.4 Å². The number of halogens is 6. The van der Waals surface area contributed by atoms with Crippen LogP contribution in [0.5, 0.6) is 0 Å². The van der Waals surface area contributed by atoms with Gasteiger partial charge in [0.2, 0.25) is 6.19 Å². The fraction of sp³-hybridized carbons (Fsp3) is 0.111. The highest BCUT2D eigenvalue weighted by atomic mass is 19.4. The van der Waals surface area contributed by atoms with E-state index < -0.39 is 23.5 Å². The summed E-state index contributed by atoms with van der Waals surface area (Å²) in [5.74, 6) is 0. The van der Waals surface area contributed by atoms with Crippen LogP contribution in [0.3, 0.4) is 0 Å². The highest BCUT2D eigenvalue weighted by molar-refractivity contribution is 6.15. The number of nitriles is 1. The van der Waals surface area contributed by atoms with Crippen LogP contribution < -0.4 is 10.7 Å². The highest BCUT2D eigenvalue weighted by Gasteiger charge is 2.37. The van der Waals surface area contributed by atoms with E-state index in [1.165, 1.54) is 18.2 Å². The molecular formula is C36H18F6N6. The van der Waals surface area contributed by atoms with Gasteiger partial charge in [-0.1, -0.05) is 53.6 Å². The van der Waals surface area contributed by atoms with E-state index >= 15 is 0 Å². The summed E-state index contributed by atoms with van der Waals surface area (Å²) >= 11 is 0. The molecule has 6 aromatic carbocycles. The molecule has 7 rings (SSSR count). The van der Waals surface area contributed by atoms with Crippen LogP contribution >= 0.6 is 0 Å². The minimum absolute atomic E-state index is 0.0378. The van der Waals surface area contributed by atoms with Crippen LogP contribution in [0.4, 0.5) is 26.3 Å². The molecule has 0 saturated carbocycles. The zero-order valence-electron chi connectivity index (χ0n) is 24.9. The summed E-state index contributed by atoms with van der Waals surface area (Å²) < 4.78 is 81.6. The summed E-state index contributed by atoms with van der Waals surface area (Å²) in [6, 6.07) is 17.4. The van der Waals surface area contributed by atoms with Crippen molar-refractivity contribution in [3.8, 4) is 28.4 Å². The number of hydrogen-bond acceptors (Lipinski definition) is 5. The molecule has 6 nitrogen and oxygen atoms in total. The zero-order chi connectivity index (χ0) is 34.1. The maximum Gasteiger partial charge on any atom is 0.416 e. The van der Waals surface area contributed by atoms with Gasteiger partial charge in [-0.05, 0) is 66.4 Å². The molecule has 0 aliphatic rings. The number of rotatable bonds is 2. The maximum absolute atomic E-state index is 13.6. The van der Waals surface area contributed by atoms with Gasteiger partial charge in [0.25, 0.3) is 0 Å². The summed E-state index contributed by atoms with van der Waals surface area (Å²) in [6.07, 6.45) is -8.33. The van der Waals surface area contributed by atoms with E-state index in [0.717, 1.165) is 22.3 Å². The molecule has 0 radical (unpaired) electrons. The molecule has 0 atom stereocenters. The van der Waals surface area contributed by atoms with Gasteiger partial charge >= 0.3 is 12.4 Å². The number of hydrogen-bond donors (Lipinski definition) is 0. The number of aromatic nitrogens is 2. The number of nitrogens with zero attached hydrogens (tertiary/aromatic N) is 6. The Bertz CT molecular complexity index is 2650. The number of aryl methyl sites for hydroxylation is 2. The average molecular weight is 649 g/mol. The second kappa shape index (κ2) is 10.7. The Morgan fingerprint density at radius 3 is 1.56 bits per heavy atom. The third kappa shape index (κ3) is 4.99. The van der Waals surface area contributed by atoms with E-state index in [9.17, 15) is 31.6 Å². The normalized spacial score (nSPS) is 13.2. The minimum atomic E-state index is -5.02. The van der Waals surface area contributed by atoms with E-state index in [-0.39, 0.29) is 39.0 Å². The van der Waals surface area contributed by atoms with Crippen LogP contribution in [0.15, 0.2) is 82.9 Å². The number of alkyl halides is 6. The lowest BCUT2D eigenvalue weighted by molar-refractivity contribution is -0.143. The third-order valence-electron chi connectivity index (χ3n) is 8.19. The SMILES string of the molecule is [C-]#[N+]/N=c1\c2cc(-c3cc(C)cc(C)c3)ccc2c2nc3c(=NC#N)c4cc(-c5cc(C(F)(F)F)cc(C(F)(F)F)c5)ccc4c3nc12. The van der Waals surface area contributed by atoms with Crippen molar-refractivity contribution in [2.75, 3.05) is 0 Å². The molecule has 0 N–H and O–H groups in total. The Morgan fingerprint density at radius 2 is 1.08 bits per heavy atom. The van der Waals surface area contributed by atoms with E-state index in [0.29, 0.717) is 44.7 Å². The van der Waals surface area contributed by atoms with E-state index in [1.807, 2.05) is 44.2 Å². The largest absolute Gasteiger partial charge is 0.416 e. The van der Waals surface area contributed by atoms with Crippen molar-refractivity contribution in [3.63, 3.8) is 0 Å². The Morgan fingerprint density at radius 1 is 0.604 bits per heavy atom. The minimum Gasteiger partial charge on any atom is -0.241 e. The van der Waals surface area contributed by atoms with Gasteiger partial charge < -0.3 is 0 Å². The average Bonchev–Trinajstić information content (AvgIpc) is 3.49. The van der Waals surface area contributed by atoms with Gasteiger partial charge in [0.15, 0.2) is 5.36 Å². The Hall–Kier alpha value is -6.14. The van der Waals surface area contributed by atoms with Crippen molar-refractivity contribution < 1.29 is 26.3 Å². The fourth-order valence-electron chi connectivity index (χ4n) is 6.23. The molecule has 12 heteroatoms. The van der Waals surface area contributed by atoms with E-state index in [4.69, 9.17) is 16.5 Å². The fourth-order valence-corrected chi connectivity index (χ4v) is 6.23. The molecule has 0 spiro atoms. The third-order valence-corrected chi connectivity index (χ3v) is 8.19. The molecule has 1 heterocycles. The molecule has 0 aliphatic carbocycles. The van der Waals surface area contributed by atoms with E-state index in [2.05, 4.69) is 21.1 Å². The van der Waals surface area contributed by atoms with Crippen LogP contribution in [0.1, 0.15) is 22.3 Å². The number of fused-ring (bicyclic) bond motifs is 6. The van der Waals surface area contributed by atoms with Gasteiger partial charge in [0, 0.05) is 21.5 Å². The topological polar surface area (TPSA) is 78.6 Å². The van der Waals surface area contributed by atoms with Crippen molar-refractivity contribution in [2.45, 2.75) is 26.2 Å². The molecule has 48 heavy (non-hydrogen) atoms. The molecule has 7 aromatic rings. The van der Waals surface area contributed by atoms with Crippen molar-refractivity contribution in [1.82, 2.24) is 9.97 Å². The van der Waals surface area contributed by atoms with Crippen molar-refractivity contribution in [3.05, 3.63) is 117 Å². The molecule has 0 unspecified atom stereocenters. The lowest BCUT2D eigenvalue weighted by Gasteiger charge is -2.14. The van der Waals surface area contributed by atoms with Crippen LogP contribution in [0.25, 0.3) is 70.8 Å². The molecule has 0 aliphatic heterocycles. The molecular weight excluding hydrogens is 630 g/mol. The van der Waals surface area contributed by atoms with Gasteiger partial charge in [-0.2, -0.15) is 43.2 Å². The van der Waals surface area contributed by atoms with Gasteiger partial charge in [0.05, 0.1) is 27.3 Å². The first kappa shape index (κ1) is 30.5. The van der Waals surface area contributed by atoms with Crippen molar-refractivity contribution in [2.24, 2.45) is 10.1 Å². The predicted molar refractivity (Wildman–Crippen MR) is 168 cm³/mol. The van der Waals surface area contributed by atoms with Gasteiger partial charge in [-0.15, -0.1) is 4.95 Å². The lowest BCUT2D eigenvalue weighted by Crippen LogP contribution is -2.11. The predicted octanol–water partition coefficient (Wildman–Crippen LogP) is 9.07. The molecule has 234 valence electrons. The summed E-state index contributed by atoms with van der Waals surface area (Å²) in [6.45, 7) is 11.5. The smallest absolute Gasteiger partial charge is 0.241 e. The lowest BCUT2D eigenvalue weighted by atomic mass is 9.98. The monoisotopic (exact) mass is 648 g/mol. The second-order valence-corrected chi connectivity index (χ2v) is 11.4. The van der Waals surface area contributed by atoms with Gasteiger partial charge in [-0.3, -0.25) is 0 Å². The first-order valence-electron chi connectivity index (χ1n) is 14.3. The van der Waals surface area contributed by atoms with Crippen LogP contribution in [-0.2, 0) is 12.4 Å². The van der Waals surface area contributed by atoms with Gasteiger partial charge in [-0.25, -0.2) is 9.97 Å². The molecule has 0 fully saturated rings. The van der Waals surface area contributed by atoms with E-state index in [1.54, 1.807) is 6.19 Å². The molecule has 0 saturated heterocycles. The summed E-state index contributed by atoms with van der Waals surface area (Å²) in [5, 5.41) is 15.9. The standard InChI is InChI=1S/C36H18F6N6/c1-17-8-18(2)10-21(9-17)19-4-7-26-28(14-19)32(48-44-3)34-31(26)46-33-29(45-16-43)27-13-20(5-6-25(27)30(33)47-34)22-11-23(35(37,38)39)15-24(12-22)36(40,41)42/h4-15H,1-2H3/b45-29?,48-32+.